The van der Waals surface area contributed by atoms with Crippen molar-refractivity contribution in [3.63, 3.8) is 0 Å². The molecule has 12 nitrogen and oxygen atoms in total. The Labute approximate surface area is 244 Å². The van der Waals surface area contributed by atoms with Crippen molar-refractivity contribution in [2.24, 2.45) is 29.4 Å². The molecule has 0 aromatic rings. The van der Waals surface area contributed by atoms with Gasteiger partial charge in [-0.2, -0.15) is 0 Å². The number of hydrogen-bond donors (Lipinski definition) is 4. The third-order valence-electron chi connectivity index (χ3n) is 6.79. The first-order chi connectivity index (χ1) is 18.7. The number of nitrogens with zero attached hydrogens (tertiary/aromatic N) is 1. The van der Waals surface area contributed by atoms with Gasteiger partial charge in [-0.1, -0.05) is 54.4 Å². The van der Waals surface area contributed by atoms with Crippen LogP contribution in [0.2, 0.25) is 0 Å². The number of ether oxygens (including phenoxy) is 1. The number of carbonyl (C=O) groups excluding carboxylic acids is 6. The number of primary amides is 1. The number of likely N-dealkylation sites (tertiary alicyclic amines) is 1. The summed E-state index contributed by atoms with van der Waals surface area (Å²) in [6.07, 6.45) is 3.32. The van der Waals surface area contributed by atoms with Crippen LogP contribution in [0.4, 0.5) is 4.79 Å². The van der Waals surface area contributed by atoms with Crippen LogP contribution in [0.1, 0.15) is 88.5 Å². The van der Waals surface area contributed by atoms with Gasteiger partial charge in [0.1, 0.15) is 23.7 Å². The standard InChI is InChI=1S/C25H43N5O7.C4H8/c1-12(2)17(28-24(36)29-18(13(3)4)23(35)37-25(7,8)9)22(34)30-11-14(5)10-16(30)21(33)27-15(6)19(31)20(26)32;1-4-2-3-4/h12-18H,10-11H2,1-9H3,(H2,26,32)(H,27,33)(H2,28,29,36);4H,2-3H2,1H3/t14-,15?,16+,17?,18?;/m1./s1. The Hall–Kier alpha value is -3.18. The maximum absolute atomic E-state index is 13.5. The number of Topliss-reactive ketones (excluding diaryl/α,β-unsaturated/α-hetero) is 1. The predicted molar refractivity (Wildman–Crippen MR) is 154 cm³/mol. The number of hydrogen-bond acceptors (Lipinski definition) is 7. The molecule has 0 aromatic heterocycles. The fourth-order valence-electron chi connectivity index (χ4n) is 4.17. The lowest BCUT2D eigenvalue weighted by molar-refractivity contribution is -0.158. The highest BCUT2D eigenvalue weighted by Crippen LogP contribution is 2.27. The summed E-state index contributed by atoms with van der Waals surface area (Å²) >= 11 is 0. The van der Waals surface area contributed by atoms with Gasteiger partial charge in [0.05, 0.1) is 6.04 Å². The van der Waals surface area contributed by atoms with E-state index in [0.717, 1.165) is 5.92 Å². The largest absolute Gasteiger partial charge is 0.458 e. The molecule has 2 aliphatic rings. The second kappa shape index (κ2) is 15.2. The second-order valence-electron chi connectivity index (χ2n) is 13.1. The lowest BCUT2D eigenvalue weighted by atomic mass is 10.0. The van der Waals surface area contributed by atoms with Crippen molar-refractivity contribution < 1.29 is 33.5 Å². The highest BCUT2D eigenvalue weighted by Gasteiger charge is 2.42. The Morgan fingerprint density at radius 1 is 0.829 bits per heavy atom. The van der Waals surface area contributed by atoms with Crippen molar-refractivity contribution in [3.05, 3.63) is 0 Å². The monoisotopic (exact) mass is 581 g/mol. The van der Waals surface area contributed by atoms with E-state index in [1.54, 1.807) is 48.5 Å². The minimum Gasteiger partial charge on any atom is -0.458 e. The Morgan fingerprint density at radius 2 is 1.32 bits per heavy atom. The van der Waals surface area contributed by atoms with Gasteiger partial charge in [0.15, 0.2) is 0 Å². The Balaban J connectivity index is 0.00000192. The van der Waals surface area contributed by atoms with Gasteiger partial charge in [0.25, 0.3) is 5.91 Å². The summed E-state index contributed by atoms with van der Waals surface area (Å²) in [6, 6.07) is -4.66. The van der Waals surface area contributed by atoms with Crippen LogP contribution in [0.15, 0.2) is 0 Å². The molecule has 0 radical (unpaired) electrons. The number of amides is 5. The van der Waals surface area contributed by atoms with Gasteiger partial charge in [-0.3, -0.25) is 19.2 Å². The molecule has 0 aromatic carbocycles. The molecule has 1 aliphatic heterocycles. The van der Waals surface area contributed by atoms with Crippen molar-refractivity contribution in [2.45, 2.75) is 118 Å². The minimum atomic E-state index is -1.17. The van der Waals surface area contributed by atoms with Gasteiger partial charge in [0, 0.05) is 6.54 Å². The maximum atomic E-state index is 13.5. The van der Waals surface area contributed by atoms with Crippen LogP contribution in [0.3, 0.4) is 0 Å². The quantitative estimate of drug-likeness (QED) is 0.225. The minimum absolute atomic E-state index is 0.0130. The molecular weight excluding hydrogens is 530 g/mol. The molecular formula is C29H51N5O7. The summed E-state index contributed by atoms with van der Waals surface area (Å²) in [5, 5.41) is 7.71. The van der Waals surface area contributed by atoms with Crippen molar-refractivity contribution in [2.75, 3.05) is 6.54 Å². The SMILES string of the molecule is CC(NC(=O)[C@@H]1C[C@@H](C)CN1C(=O)C(NC(=O)NC(C(=O)OC(C)(C)C)C(C)C)C(C)C)C(=O)C(N)=O.CC1CC1. The van der Waals surface area contributed by atoms with Crippen LogP contribution >= 0.6 is 0 Å². The molecule has 0 bridgehead atoms. The van der Waals surface area contributed by atoms with E-state index in [2.05, 4.69) is 22.9 Å². The summed E-state index contributed by atoms with van der Waals surface area (Å²) in [6.45, 7) is 18.0. The summed E-state index contributed by atoms with van der Waals surface area (Å²) < 4.78 is 5.40. The fraction of sp³-hybridized carbons (Fsp3) is 0.793. The number of carbonyl (C=O) groups is 6. The van der Waals surface area contributed by atoms with Crippen LogP contribution in [-0.4, -0.2) is 76.7 Å². The summed E-state index contributed by atoms with van der Waals surface area (Å²) in [7, 11) is 0. The predicted octanol–water partition coefficient (Wildman–Crippen LogP) is 1.89. The first-order valence-electron chi connectivity index (χ1n) is 14.5. The average molecular weight is 582 g/mol. The summed E-state index contributed by atoms with van der Waals surface area (Å²) in [5.74, 6) is -3.30. The van der Waals surface area contributed by atoms with E-state index in [-0.39, 0.29) is 24.3 Å². The average Bonchev–Trinajstić information content (AvgIpc) is 3.51. The number of rotatable bonds is 10. The Kier molecular flexibility index (Phi) is 13.3. The summed E-state index contributed by atoms with van der Waals surface area (Å²) in [4.78, 5) is 76.2. The normalized spacial score (nSPS) is 20.7. The van der Waals surface area contributed by atoms with Crippen molar-refractivity contribution in [1.82, 2.24) is 20.9 Å². The second-order valence-corrected chi connectivity index (χ2v) is 13.1. The molecule has 2 rings (SSSR count). The van der Waals surface area contributed by atoms with Crippen molar-refractivity contribution in [3.8, 4) is 0 Å². The molecule has 1 aliphatic carbocycles. The lowest BCUT2D eigenvalue weighted by Crippen LogP contribution is -2.59. The van der Waals surface area contributed by atoms with Crippen LogP contribution in [0.5, 0.6) is 0 Å². The molecule has 1 saturated heterocycles. The molecule has 0 spiro atoms. The van der Waals surface area contributed by atoms with E-state index in [9.17, 15) is 28.8 Å². The number of nitrogens with one attached hydrogen (secondary N) is 3. The number of ketones is 1. The molecule has 5 atom stereocenters. The van der Waals surface area contributed by atoms with Gasteiger partial charge >= 0.3 is 12.0 Å². The molecule has 41 heavy (non-hydrogen) atoms. The Morgan fingerprint density at radius 3 is 1.73 bits per heavy atom. The third kappa shape index (κ3) is 12.1. The van der Waals surface area contributed by atoms with Crippen molar-refractivity contribution in [1.29, 1.82) is 0 Å². The molecule has 1 heterocycles. The third-order valence-corrected chi connectivity index (χ3v) is 6.79. The highest BCUT2D eigenvalue weighted by atomic mass is 16.6. The molecule has 12 heteroatoms. The summed E-state index contributed by atoms with van der Waals surface area (Å²) in [5.41, 5.74) is 4.27. The zero-order valence-electron chi connectivity index (χ0n) is 26.3. The number of esters is 1. The molecule has 2 fully saturated rings. The first-order valence-corrected chi connectivity index (χ1v) is 14.5. The van der Waals surface area contributed by atoms with E-state index < -0.39 is 65.3 Å². The van der Waals surface area contributed by atoms with Crippen LogP contribution in [0.25, 0.3) is 0 Å². The van der Waals surface area contributed by atoms with E-state index in [1.165, 1.54) is 24.7 Å². The molecule has 5 amide bonds. The van der Waals surface area contributed by atoms with E-state index in [1.807, 2.05) is 6.92 Å². The van der Waals surface area contributed by atoms with Crippen molar-refractivity contribution >= 4 is 35.5 Å². The maximum Gasteiger partial charge on any atom is 0.329 e. The van der Waals surface area contributed by atoms with Gasteiger partial charge in [0.2, 0.25) is 17.6 Å². The molecule has 234 valence electrons. The van der Waals surface area contributed by atoms with Crippen LogP contribution in [0, 0.1) is 23.7 Å². The highest BCUT2D eigenvalue weighted by molar-refractivity contribution is 6.37. The van der Waals surface area contributed by atoms with E-state index >= 15 is 0 Å². The van der Waals surface area contributed by atoms with Gasteiger partial charge < -0.3 is 31.3 Å². The van der Waals surface area contributed by atoms with Gasteiger partial charge in [-0.05, 0) is 57.8 Å². The Bertz CT molecular complexity index is 971. The van der Waals surface area contributed by atoms with Crippen LogP contribution in [-0.2, 0) is 28.7 Å². The fourth-order valence-corrected chi connectivity index (χ4v) is 4.17. The zero-order chi connectivity index (χ0) is 31.8. The molecule has 5 N–H and O–H groups in total. The van der Waals surface area contributed by atoms with Gasteiger partial charge in [-0.15, -0.1) is 0 Å². The smallest absolute Gasteiger partial charge is 0.329 e. The topological polar surface area (TPSA) is 177 Å². The van der Waals surface area contributed by atoms with E-state index in [0.29, 0.717) is 6.42 Å². The van der Waals surface area contributed by atoms with Crippen LogP contribution < -0.4 is 21.7 Å². The van der Waals surface area contributed by atoms with Gasteiger partial charge in [-0.25, -0.2) is 9.59 Å². The zero-order valence-corrected chi connectivity index (χ0v) is 26.3. The molecule has 1 saturated carbocycles. The number of urea groups is 1. The first kappa shape index (κ1) is 35.8. The molecule has 3 unspecified atom stereocenters. The lowest BCUT2D eigenvalue weighted by Gasteiger charge is -2.32. The number of nitrogens with two attached hydrogens (primary N) is 1. The van der Waals surface area contributed by atoms with E-state index in [4.69, 9.17) is 10.5 Å².